The lowest BCUT2D eigenvalue weighted by molar-refractivity contribution is -0.384. The molecule has 1 aliphatic rings. The molecule has 1 fully saturated rings. The Kier molecular flexibility index (Phi) is 4.60. The summed E-state index contributed by atoms with van der Waals surface area (Å²) in [5.41, 5.74) is 1.80. The number of piperidine rings is 1. The summed E-state index contributed by atoms with van der Waals surface area (Å²) in [6.45, 7) is 7.48. The molecule has 110 valence electrons. The van der Waals surface area contributed by atoms with Gasteiger partial charge in [0, 0.05) is 26.2 Å². The number of anilines is 1. The van der Waals surface area contributed by atoms with Crippen LogP contribution in [-0.2, 0) is 6.54 Å². The van der Waals surface area contributed by atoms with Crippen LogP contribution < -0.4 is 5.32 Å². The summed E-state index contributed by atoms with van der Waals surface area (Å²) >= 11 is 0. The highest BCUT2D eigenvalue weighted by atomic mass is 16.6. The van der Waals surface area contributed by atoms with E-state index in [1.54, 1.807) is 19.2 Å². The van der Waals surface area contributed by atoms with Gasteiger partial charge >= 0.3 is 0 Å². The van der Waals surface area contributed by atoms with Gasteiger partial charge in [-0.25, -0.2) is 0 Å². The van der Waals surface area contributed by atoms with Gasteiger partial charge in [0.2, 0.25) is 0 Å². The van der Waals surface area contributed by atoms with Gasteiger partial charge in [0.05, 0.1) is 4.92 Å². The molecule has 0 bridgehead atoms. The molecule has 2 rings (SSSR count). The van der Waals surface area contributed by atoms with Gasteiger partial charge in [-0.1, -0.05) is 26.0 Å². The van der Waals surface area contributed by atoms with Gasteiger partial charge in [-0.2, -0.15) is 0 Å². The number of benzene rings is 1. The lowest BCUT2D eigenvalue weighted by Crippen LogP contribution is -2.37. The summed E-state index contributed by atoms with van der Waals surface area (Å²) in [7, 11) is 1.74. The molecule has 0 amide bonds. The largest absolute Gasteiger partial charge is 0.382 e. The van der Waals surface area contributed by atoms with E-state index in [9.17, 15) is 10.1 Å². The van der Waals surface area contributed by atoms with Crippen molar-refractivity contribution in [3.63, 3.8) is 0 Å². The first kappa shape index (κ1) is 14.8. The number of hydrogen-bond acceptors (Lipinski definition) is 4. The Balaban J connectivity index is 2.17. The van der Waals surface area contributed by atoms with Crippen molar-refractivity contribution in [2.24, 2.45) is 11.8 Å². The summed E-state index contributed by atoms with van der Waals surface area (Å²) in [6, 6.07) is 5.29. The fourth-order valence-corrected chi connectivity index (χ4v) is 2.89. The number of para-hydroxylation sites is 1. The van der Waals surface area contributed by atoms with E-state index in [1.165, 1.54) is 6.42 Å². The number of nitro benzene ring substituents is 1. The number of rotatable bonds is 4. The summed E-state index contributed by atoms with van der Waals surface area (Å²) in [5, 5.41) is 14.1. The quantitative estimate of drug-likeness (QED) is 0.678. The van der Waals surface area contributed by atoms with Crippen LogP contribution in [0.5, 0.6) is 0 Å². The zero-order valence-electron chi connectivity index (χ0n) is 12.4. The van der Waals surface area contributed by atoms with Gasteiger partial charge in [0.15, 0.2) is 0 Å². The predicted molar refractivity (Wildman–Crippen MR) is 80.9 cm³/mol. The van der Waals surface area contributed by atoms with Crippen LogP contribution in [0.15, 0.2) is 18.2 Å². The molecule has 0 saturated carbocycles. The Bertz CT molecular complexity index is 490. The number of nitro groups is 1. The van der Waals surface area contributed by atoms with Gasteiger partial charge < -0.3 is 5.32 Å². The fraction of sp³-hybridized carbons (Fsp3) is 0.600. The molecule has 20 heavy (non-hydrogen) atoms. The first-order chi connectivity index (χ1) is 9.52. The smallest absolute Gasteiger partial charge is 0.292 e. The van der Waals surface area contributed by atoms with Gasteiger partial charge in [0.1, 0.15) is 5.69 Å². The molecule has 2 unspecified atom stereocenters. The second-order valence-electron chi connectivity index (χ2n) is 5.80. The minimum absolute atomic E-state index is 0.156. The molecule has 2 atom stereocenters. The summed E-state index contributed by atoms with van der Waals surface area (Å²) < 4.78 is 0. The van der Waals surface area contributed by atoms with Crippen LogP contribution in [0, 0.1) is 22.0 Å². The highest BCUT2D eigenvalue weighted by molar-refractivity contribution is 5.66. The van der Waals surface area contributed by atoms with Gasteiger partial charge in [-0.05, 0) is 30.4 Å². The van der Waals surface area contributed by atoms with Crippen molar-refractivity contribution in [3.05, 3.63) is 33.9 Å². The molecule has 0 aromatic heterocycles. The van der Waals surface area contributed by atoms with Crippen molar-refractivity contribution in [1.29, 1.82) is 0 Å². The molecule has 1 heterocycles. The topological polar surface area (TPSA) is 58.4 Å². The van der Waals surface area contributed by atoms with E-state index in [-0.39, 0.29) is 10.6 Å². The third kappa shape index (κ3) is 3.10. The average Bonchev–Trinajstić information content (AvgIpc) is 2.42. The minimum Gasteiger partial charge on any atom is -0.382 e. The summed E-state index contributed by atoms with van der Waals surface area (Å²) in [5.74, 6) is 1.45. The molecule has 0 radical (unpaired) electrons. The van der Waals surface area contributed by atoms with Crippen LogP contribution in [0.1, 0.15) is 25.8 Å². The maximum absolute atomic E-state index is 11.1. The van der Waals surface area contributed by atoms with E-state index in [1.807, 2.05) is 6.07 Å². The van der Waals surface area contributed by atoms with Crippen LogP contribution in [0.2, 0.25) is 0 Å². The number of hydrogen-bond donors (Lipinski definition) is 1. The molecule has 0 aliphatic carbocycles. The number of nitrogens with one attached hydrogen (secondary N) is 1. The van der Waals surface area contributed by atoms with Crippen LogP contribution in [0.4, 0.5) is 11.4 Å². The van der Waals surface area contributed by atoms with E-state index in [2.05, 4.69) is 24.1 Å². The lowest BCUT2D eigenvalue weighted by atomic mass is 9.88. The molecule has 1 aromatic carbocycles. The molecule has 1 aromatic rings. The molecule has 1 N–H and O–H groups in total. The molecule has 5 heteroatoms. The monoisotopic (exact) mass is 277 g/mol. The van der Waals surface area contributed by atoms with E-state index in [0.29, 0.717) is 11.6 Å². The third-order valence-corrected chi connectivity index (χ3v) is 4.39. The predicted octanol–water partition coefficient (Wildman–Crippen LogP) is 3.11. The molecule has 1 saturated heterocycles. The highest BCUT2D eigenvalue weighted by Gasteiger charge is 2.24. The Labute approximate surface area is 120 Å². The van der Waals surface area contributed by atoms with E-state index in [4.69, 9.17) is 0 Å². The fourth-order valence-electron chi connectivity index (χ4n) is 2.89. The lowest BCUT2D eigenvalue weighted by Gasteiger charge is -2.35. The van der Waals surface area contributed by atoms with Crippen molar-refractivity contribution < 1.29 is 4.92 Å². The summed E-state index contributed by atoms with van der Waals surface area (Å²) in [4.78, 5) is 13.1. The summed E-state index contributed by atoms with van der Waals surface area (Å²) in [6.07, 6.45) is 1.20. The normalized spacial score (nSPS) is 23.6. The highest BCUT2D eigenvalue weighted by Crippen LogP contribution is 2.30. The molecule has 5 nitrogen and oxygen atoms in total. The van der Waals surface area contributed by atoms with E-state index >= 15 is 0 Å². The minimum atomic E-state index is -0.323. The van der Waals surface area contributed by atoms with Crippen molar-refractivity contribution in [2.75, 3.05) is 25.5 Å². The molecular formula is C15H23N3O2. The van der Waals surface area contributed by atoms with Crippen LogP contribution >= 0.6 is 0 Å². The Morgan fingerprint density at radius 1 is 1.40 bits per heavy atom. The molecular weight excluding hydrogens is 254 g/mol. The maximum Gasteiger partial charge on any atom is 0.292 e. The van der Waals surface area contributed by atoms with Gasteiger partial charge in [0.25, 0.3) is 5.69 Å². The van der Waals surface area contributed by atoms with Crippen LogP contribution in [0.3, 0.4) is 0 Å². The third-order valence-electron chi connectivity index (χ3n) is 4.39. The van der Waals surface area contributed by atoms with Crippen molar-refractivity contribution in [3.8, 4) is 0 Å². The van der Waals surface area contributed by atoms with Gasteiger partial charge in [-0.3, -0.25) is 15.0 Å². The molecule has 0 spiro atoms. The van der Waals surface area contributed by atoms with E-state index in [0.717, 1.165) is 31.1 Å². The second kappa shape index (κ2) is 6.22. The number of likely N-dealkylation sites (tertiary alicyclic amines) is 1. The van der Waals surface area contributed by atoms with Crippen molar-refractivity contribution in [1.82, 2.24) is 4.90 Å². The first-order valence-corrected chi connectivity index (χ1v) is 7.19. The Morgan fingerprint density at radius 3 is 2.75 bits per heavy atom. The number of nitrogens with zero attached hydrogens (tertiary/aromatic N) is 2. The van der Waals surface area contributed by atoms with Gasteiger partial charge in [-0.15, -0.1) is 0 Å². The molecule has 1 aliphatic heterocycles. The zero-order valence-corrected chi connectivity index (χ0v) is 12.4. The standard InChI is InChI=1S/C15H23N3O2/c1-11-7-8-17(9-12(11)2)10-13-5-4-6-14(18(19)20)15(13)16-3/h4-6,11-12,16H,7-10H2,1-3H3. The van der Waals surface area contributed by atoms with E-state index < -0.39 is 0 Å². The van der Waals surface area contributed by atoms with Crippen molar-refractivity contribution >= 4 is 11.4 Å². The van der Waals surface area contributed by atoms with Crippen LogP contribution in [-0.4, -0.2) is 30.0 Å². The maximum atomic E-state index is 11.1. The van der Waals surface area contributed by atoms with Crippen LogP contribution in [0.25, 0.3) is 0 Å². The SMILES string of the molecule is CNc1c(CN2CCC(C)C(C)C2)cccc1[N+](=O)[O-]. The Hall–Kier alpha value is -1.62. The second-order valence-corrected chi connectivity index (χ2v) is 5.80. The zero-order chi connectivity index (χ0) is 14.7. The van der Waals surface area contributed by atoms with Crippen molar-refractivity contribution in [2.45, 2.75) is 26.8 Å². The Morgan fingerprint density at radius 2 is 2.15 bits per heavy atom. The first-order valence-electron chi connectivity index (χ1n) is 7.19. The average molecular weight is 277 g/mol.